The molecule has 0 N–H and O–H groups in total. The number of thiazole rings is 1. The van der Waals surface area contributed by atoms with E-state index in [9.17, 15) is 4.79 Å². The summed E-state index contributed by atoms with van der Waals surface area (Å²) in [5.41, 5.74) is 2.31. The van der Waals surface area contributed by atoms with Crippen LogP contribution in [0, 0.1) is 12.3 Å². The molecule has 0 unspecified atom stereocenters. The molecule has 120 valence electrons. The number of hydrogen-bond acceptors (Lipinski definition) is 4. The smallest absolute Gasteiger partial charge is 0.227 e. The number of aryl methyl sites for hydroxylation is 1. The van der Waals surface area contributed by atoms with E-state index in [0.717, 1.165) is 49.0 Å². The third kappa shape index (κ3) is 2.91. The Kier molecular flexibility index (Phi) is 3.70. The number of likely N-dealkylation sites (tertiary alicyclic amines) is 1. The number of aromatic nitrogens is 1. The van der Waals surface area contributed by atoms with E-state index in [-0.39, 0.29) is 11.3 Å². The van der Waals surface area contributed by atoms with E-state index in [4.69, 9.17) is 0 Å². The fourth-order valence-electron chi connectivity index (χ4n) is 3.88. The first-order chi connectivity index (χ1) is 11.1. The molecule has 0 saturated carbocycles. The van der Waals surface area contributed by atoms with Crippen LogP contribution in [0.1, 0.15) is 23.5 Å². The number of anilines is 1. The first kappa shape index (κ1) is 14.8. The van der Waals surface area contributed by atoms with Gasteiger partial charge in [-0.1, -0.05) is 18.2 Å². The van der Waals surface area contributed by atoms with E-state index >= 15 is 0 Å². The summed E-state index contributed by atoms with van der Waals surface area (Å²) < 4.78 is 0. The lowest BCUT2D eigenvalue weighted by atomic mass is 9.86. The summed E-state index contributed by atoms with van der Waals surface area (Å²) in [6.07, 6.45) is 1.78. The molecule has 5 heteroatoms. The van der Waals surface area contributed by atoms with E-state index < -0.39 is 0 Å². The maximum atomic E-state index is 12.5. The Balaban J connectivity index is 1.45. The van der Waals surface area contributed by atoms with Crippen LogP contribution < -0.4 is 4.90 Å². The summed E-state index contributed by atoms with van der Waals surface area (Å²) in [5, 5.41) is 3.27. The summed E-state index contributed by atoms with van der Waals surface area (Å²) in [7, 11) is 0. The first-order valence-corrected chi connectivity index (χ1v) is 9.00. The monoisotopic (exact) mass is 327 g/mol. The van der Waals surface area contributed by atoms with Gasteiger partial charge in [0.25, 0.3) is 0 Å². The van der Waals surface area contributed by atoms with Crippen molar-refractivity contribution in [1.82, 2.24) is 9.88 Å². The highest BCUT2D eigenvalue weighted by Crippen LogP contribution is 2.42. The highest BCUT2D eigenvalue weighted by atomic mass is 32.1. The van der Waals surface area contributed by atoms with Crippen LogP contribution in [-0.2, 0) is 11.3 Å². The summed E-state index contributed by atoms with van der Waals surface area (Å²) in [4.78, 5) is 21.5. The van der Waals surface area contributed by atoms with Crippen LogP contribution in [0.25, 0.3) is 0 Å². The average molecular weight is 327 g/mol. The Labute approximate surface area is 140 Å². The molecular weight excluding hydrogens is 306 g/mol. The quantitative estimate of drug-likeness (QED) is 0.869. The molecule has 1 aromatic carbocycles. The highest BCUT2D eigenvalue weighted by Gasteiger charge is 2.47. The van der Waals surface area contributed by atoms with Gasteiger partial charge in [0.15, 0.2) is 0 Å². The van der Waals surface area contributed by atoms with Crippen LogP contribution in [0.15, 0.2) is 35.7 Å². The second kappa shape index (κ2) is 5.73. The Morgan fingerprint density at radius 2 is 2.09 bits per heavy atom. The summed E-state index contributed by atoms with van der Waals surface area (Å²) in [6, 6.07) is 10.1. The summed E-state index contributed by atoms with van der Waals surface area (Å²) in [5.74, 6) is 0.266. The topological polar surface area (TPSA) is 36.4 Å². The third-order valence-corrected chi connectivity index (χ3v) is 5.78. The molecular formula is C18H21N3OS. The number of carbonyl (C=O) groups excluding carboxylic acids is 1. The molecule has 1 amide bonds. The molecule has 4 nitrogen and oxygen atoms in total. The number of hydrogen-bond donors (Lipinski definition) is 0. The number of para-hydroxylation sites is 1. The molecule has 23 heavy (non-hydrogen) atoms. The molecule has 1 atom stereocenters. The second-order valence-corrected chi connectivity index (χ2v) is 7.87. The van der Waals surface area contributed by atoms with Gasteiger partial charge in [-0.15, -0.1) is 11.3 Å². The zero-order valence-corrected chi connectivity index (χ0v) is 14.2. The van der Waals surface area contributed by atoms with Crippen molar-refractivity contribution >= 4 is 22.9 Å². The standard InChI is InChI=1S/C18H21N3OS/c1-14-19-15(11-23-14)10-20-8-7-18(12-20)9-17(22)21(13-18)16-5-3-2-4-6-16/h2-6,11H,7-10,12-13H2,1H3/t18-/m0/s1. The minimum atomic E-state index is 0.123. The SMILES string of the molecule is Cc1nc(CN2CC[C@]3(CC(=O)N(c4ccccc4)C3)C2)cs1. The normalized spacial score (nSPS) is 24.9. The van der Waals surface area contributed by atoms with Crippen molar-refractivity contribution in [3.05, 3.63) is 46.4 Å². The average Bonchev–Trinajstić information content (AvgIpc) is 3.22. The van der Waals surface area contributed by atoms with Crippen LogP contribution in [0.3, 0.4) is 0 Å². The molecule has 2 aliphatic rings. The zero-order chi connectivity index (χ0) is 15.9. The van der Waals surface area contributed by atoms with Crippen LogP contribution >= 0.6 is 11.3 Å². The van der Waals surface area contributed by atoms with Gasteiger partial charge in [-0.2, -0.15) is 0 Å². The highest BCUT2D eigenvalue weighted by molar-refractivity contribution is 7.09. The Morgan fingerprint density at radius 3 is 2.83 bits per heavy atom. The Hall–Kier alpha value is -1.72. The predicted octanol–water partition coefficient (Wildman–Crippen LogP) is 3.08. The fraction of sp³-hybridized carbons (Fsp3) is 0.444. The third-order valence-electron chi connectivity index (χ3n) is 4.96. The van der Waals surface area contributed by atoms with Crippen molar-refractivity contribution in [3.63, 3.8) is 0 Å². The molecule has 0 radical (unpaired) electrons. The second-order valence-electron chi connectivity index (χ2n) is 6.81. The van der Waals surface area contributed by atoms with Gasteiger partial charge >= 0.3 is 0 Å². The maximum absolute atomic E-state index is 12.5. The summed E-state index contributed by atoms with van der Waals surface area (Å²) in [6.45, 7) is 5.87. The van der Waals surface area contributed by atoms with Crippen molar-refractivity contribution in [2.45, 2.75) is 26.3 Å². The van der Waals surface area contributed by atoms with Crippen LogP contribution in [-0.4, -0.2) is 35.4 Å². The van der Waals surface area contributed by atoms with Gasteiger partial charge in [0, 0.05) is 42.5 Å². The van der Waals surface area contributed by atoms with Crippen molar-refractivity contribution in [1.29, 1.82) is 0 Å². The number of amides is 1. The van der Waals surface area contributed by atoms with Gasteiger partial charge in [-0.3, -0.25) is 9.69 Å². The van der Waals surface area contributed by atoms with Crippen LogP contribution in [0.2, 0.25) is 0 Å². The van der Waals surface area contributed by atoms with Crippen LogP contribution in [0.4, 0.5) is 5.69 Å². The molecule has 2 saturated heterocycles. The van der Waals surface area contributed by atoms with Crippen LogP contribution in [0.5, 0.6) is 0 Å². The van der Waals surface area contributed by atoms with Crippen molar-refractivity contribution in [3.8, 4) is 0 Å². The lowest BCUT2D eigenvalue weighted by Crippen LogP contribution is -2.31. The lowest BCUT2D eigenvalue weighted by molar-refractivity contribution is -0.117. The molecule has 1 aromatic heterocycles. The van der Waals surface area contributed by atoms with Gasteiger partial charge in [0.05, 0.1) is 10.7 Å². The first-order valence-electron chi connectivity index (χ1n) is 8.12. The molecule has 4 rings (SSSR count). The van der Waals surface area contributed by atoms with Crippen molar-refractivity contribution in [2.24, 2.45) is 5.41 Å². The molecule has 2 fully saturated rings. The number of nitrogens with zero attached hydrogens (tertiary/aromatic N) is 3. The largest absolute Gasteiger partial charge is 0.312 e. The summed E-state index contributed by atoms with van der Waals surface area (Å²) >= 11 is 1.71. The zero-order valence-electron chi connectivity index (χ0n) is 13.4. The van der Waals surface area contributed by atoms with Gasteiger partial charge in [-0.05, 0) is 32.0 Å². The molecule has 0 bridgehead atoms. The van der Waals surface area contributed by atoms with Gasteiger partial charge in [0.1, 0.15) is 0 Å². The molecule has 2 aliphatic heterocycles. The van der Waals surface area contributed by atoms with E-state index in [0.29, 0.717) is 6.42 Å². The number of benzene rings is 1. The predicted molar refractivity (Wildman–Crippen MR) is 92.6 cm³/mol. The van der Waals surface area contributed by atoms with Gasteiger partial charge < -0.3 is 4.90 Å². The van der Waals surface area contributed by atoms with E-state index in [1.807, 2.05) is 42.2 Å². The minimum Gasteiger partial charge on any atom is -0.312 e. The number of carbonyl (C=O) groups is 1. The van der Waals surface area contributed by atoms with Crippen molar-refractivity contribution < 1.29 is 4.79 Å². The van der Waals surface area contributed by atoms with Crippen molar-refractivity contribution in [2.75, 3.05) is 24.5 Å². The fourth-order valence-corrected chi connectivity index (χ4v) is 4.49. The molecule has 2 aromatic rings. The van der Waals surface area contributed by atoms with Gasteiger partial charge in [0.2, 0.25) is 5.91 Å². The van der Waals surface area contributed by atoms with E-state index in [1.165, 1.54) is 0 Å². The Bertz CT molecular complexity index is 714. The minimum absolute atomic E-state index is 0.123. The van der Waals surface area contributed by atoms with E-state index in [2.05, 4.69) is 15.3 Å². The maximum Gasteiger partial charge on any atom is 0.227 e. The van der Waals surface area contributed by atoms with E-state index in [1.54, 1.807) is 11.3 Å². The molecule has 3 heterocycles. The Morgan fingerprint density at radius 1 is 1.26 bits per heavy atom. The number of rotatable bonds is 3. The van der Waals surface area contributed by atoms with Gasteiger partial charge in [-0.25, -0.2) is 4.98 Å². The lowest BCUT2D eigenvalue weighted by Gasteiger charge is -2.24. The molecule has 1 spiro atoms. The molecule has 0 aliphatic carbocycles.